The first kappa shape index (κ1) is 24.1. The number of amides is 1. The van der Waals surface area contributed by atoms with Gasteiger partial charge in [0, 0.05) is 25.6 Å². The zero-order chi connectivity index (χ0) is 23.5. The topological polar surface area (TPSA) is 136 Å². The summed E-state index contributed by atoms with van der Waals surface area (Å²) in [4.78, 5) is 12.2. The Hall–Kier alpha value is -2.54. The molecule has 0 aromatic heterocycles. The van der Waals surface area contributed by atoms with E-state index in [0.717, 1.165) is 12.1 Å². The second-order valence-electron chi connectivity index (χ2n) is 7.38. The highest BCUT2D eigenvalue weighted by atomic mass is 32.2. The summed E-state index contributed by atoms with van der Waals surface area (Å²) in [5, 5.41) is 7.84. The molecular weight excluding hydrogens is 461 g/mol. The number of primary sulfonamides is 1. The number of nitrogens with zero attached hydrogens (tertiary/aromatic N) is 1. The molecule has 0 atom stereocenters. The van der Waals surface area contributed by atoms with Gasteiger partial charge in [-0.1, -0.05) is 12.1 Å². The molecule has 3 rings (SSSR count). The van der Waals surface area contributed by atoms with Gasteiger partial charge in [0.25, 0.3) is 0 Å². The number of carbonyl (C=O) groups is 1. The Bertz CT molecular complexity index is 1190. The molecule has 32 heavy (non-hydrogen) atoms. The summed E-state index contributed by atoms with van der Waals surface area (Å²) in [7, 11) is -6.44. The third-order valence-corrected chi connectivity index (χ3v) is 8.14. The molecule has 0 radical (unpaired) electrons. The van der Waals surface area contributed by atoms with Crippen LogP contribution in [0.2, 0.25) is 0 Å². The molecule has 9 nitrogen and oxygen atoms in total. The number of hydrogen-bond donors (Lipinski definition) is 2. The van der Waals surface area contributed by atoms with Crippen molar-refractivity contribution in [1.82, 2.24) is 9.62 Å². The molecule has 0 aliphatic carbocycles. The molecule has 1 aliphatic heterocycles. The van der Waals surface area contributed by atoms with Gasteiger partial charge in [-0.2, -0.15) is 4.31 Å². The lowest BCUT2D eigenvalue weighted by atomic mass is 9.97. The van der Waals surface area contributed by atoms with Gasteiger partial charge in [-0.05, 0) is 48.7 Å². The van der Waals surface area contributed by atoms with Crippen LogP contribution in [-0.4, -0.2) is 47.2 Å². The van der Waals surface area contributed by atoms with E-state index in [9.17, 15) is 26.0 Å². The molecule has 0 spiro atoms. The molecule has 0 bridgehead atoms. The lowest BCUT2D eigenvalue weighted by Crippen LogP contribution is -2.43. The summed E-state index contributed by atoms with van der Waals surface area (Å²) in [6, 6.07) is 9.15. The smallest absolute Gasteiger partial charge is 0.246 e. The molecule has 174 valence electrons. The van der Waals surface area contributed by atoms with E-state index in [2.05, 4.69) is 5.32 Å². The van der Waals surface area contributed by atoms with Crippen LogP contribution in [0.5, 0.6) is 5.75 Å². The summed E-state index contributed by atoms with van der Waals surface area (Å²) < 4.78 is 68.4. The number of methoxy groups -OCH3 is 1. The first-order chi connectivity index (χ1) is 15.0. The lowest BCUT2D eigenvalue weighted by Gasteiger charge is -2.30. The molecule has 2 aromatic carbocycles. The van der Waals surface area contributed by atoms with Crippen LogP contribution in [-0.2, 0) is 31.4 Å². The van der Waals surface area contributed by atoms with Crippen molar-refractivity contribution in [3.63, 3.8) is 0 Å². The van der Waals surface area contributed by atoms with Gasteiger partial charge in [0.1, 0.15) is 16.5 Å². The zero-order valence-electron chi connectivity index (χ0n) is 17.3. The van der Waals surface area contributed by atoms with Crippen molar-refractivity contribution in [2.45, 2.75) is 29.2 Å². The fraction of sp³-hybridized carbons (Fsp3) is 0.350. The Kier molecular flexibility index (Phi) is 7.18. The van der Waals surface area contributed by atoms with Gasteiger partial charge in [0.2, 0.25) is 26.0 Å². The summed E-state index contributed by atoms with van der Waals surface area (Å²) in [5.74, 6) is -1.23. The first-order valence-electron chi connectivity index (χ1n) is 9.75. The minimum atomic E-state index is -3.97. The van der Waals surface area contributed by atoms with Crippen LogP contribution in [0.15, 0.2) is 52.3 Å². The van der Waals surface area contributed by atoms with E-state index >= 15 is 0 Å². The second-order valence-corrected chi connectivity index (χ2v) is 10.8. The zero-order valence-corrected chi connectivity index (χ0v) is 19.0. The average Bonchev–Trinajstić information content (AvgIpc) is 2.77. The highest BCUT2D eigenvalue weighted by Gasteiger charge is 2.33. The Labute approximate surface area is 186 Å². The SMILES string of the molecule is COc1ccc(F)cc1S(=O)(=O)N1CCC(C(=O)NCc2ccc(S(N)(=O)=O)cc2)CC1. The van der Waals surface area contributed by atoms with Crippen LogP contribution in [0.3, 0.4) is 0 Å². The van der Waals surface area contributed by atoms with E-state index in [0.29, 0.717) is 18.4 Å². The van der Waals surface area contributed by atoms with E-state index in [4.69, 9.17) is 9.88 Å². The number of halogens is 1. The Morgan fingerprint density at radius 2 is 1.75 bits per heavy atom. The standard InChI is InChI=1S/C20H24FN3O6S2/c1-30-18-7-4-16(21)12-19(18)32(28,29)24-10-8-15(9-11-24)20(25)23-13-14-2-5-17(6-3-14)31(22,26)27/h2-7,12,15H,8-11,13H2,1H3,(H,23,25)(H2,22,26,27). The highest BCUT2D eigenvalue weighted by molar-refractivity contribution is 7.89. The molecule has 3 N–H and O–H groups in total. The van der Waals surface area contributed by atoms with Gasteiger partial charge in [0.15, 0.2) is 0 Å². The van der Waals surface area contributed by atoms with Crippen molar-refractivity contribution in [3.8, 4) is 5.75 Å². The highest BCUT2D eigenvalue weighted by Crippen LogP contribution is 2.30. The van der Waals surface area contributed by atoms with Crippen molar-refractivity contribution in [3.05, 3.63) is 53.8 Å². The van der Waals surface area contributed by atoms with E-state index in [1.807, 2.05) is 0 Å². The van der Waals surface area contributed by atoms with Crippen LogP contribution in [0.1, 0.15) is 18.4 Å². The minimum absolute atomic E-state index is 0.0175. The van der Waals surface area contributed by atoms with Crippen molar-refractivity contribution in [1.29, 1.82) is 0 Å². The maximum Gasteiger partial charge on any atom is 0.246 e. The third-order valence-electron chi connectivity index (χ3n) is 5.29. The normalized spacial score (nSPS) is 16.0. The molecule has 1 saturated heterocycles. The van der Waals surface area contributed by atoms with Crippen molar-refractivity contribution in [2.75, 3.05) is 20.2 Å². The van der Waals surface area contributed by atoms with Crippen LogP contribution in [0.25, 0.3) is 0 Å². The van der Waals surface area contributed by atoms with Gasteiger partial charge >= 0.3 is 0 Å². The number of hydrogen-bond acceptors (Lipinski definition) is 6. The predicted molar refractivity (Wildman–Crippen MR) is 114 cm³/mol. The van der Waals surface area contributed by atoms with Gasteiger partial charge in [-0.25, -0.2) is 26.4 Å². The molecular formula is C20H24FN3O6S2. The number of nitrogens with one attached hydrogen (secondary N) is 1. The second kappa shape index (κ2) is 9.53. The maximum absolute atomic E-state index is 13.6. The average molecular weight is 486 g/mol. The largest absolute Gasteiger partial charge is 0.495 e. The molecule has 2 aromatic rings. The number of rotatable bonds is 7. The number of benzene rings is 2. The quantitative estimate of drug-likeness (QED) is 0.605. The predicted octanol–water partition coefficient (Wildman–Crippen LogP) is 1.20. The number of piperidine rings is 1. The van der Waals surface area contributed by atoms with Crippen LogP contribution >= 0.6 is 0 Å². The molecule has 1 heterocycles. The number of nitrogens with two attached hydrogens (primary N) is 1. The molecule has 0 saturated carbocycles. The monoisotopic (exact) mass is 485 g/mol. The number of sulfonamides is 2. The Balaban J connectivity index is 1.58. The summed E-state index contributed by atoms with van der Waals surface area (Å²) in [6.45, 7) is 0.426. The van der Waals surface area contributed by atoms with E-state index in [1.165, 1.54) is 29.6 Å². The van der Waals surface area contributed by atoms with Crippen LogP contribution in [0.4, 0.5) is 4.39 Å². The Morgan fingerprint density at radius 1 is 1.12 bits per heavy atom. The van der Waals surface area contributed by atoms with Gasteiger partial charge in [-0.15, -0.1) is 0 Å². The fourth-order valence-electron chi connectivity index (χ4n) is 3.48. The first-order valence-corrected chi connectivity index (χ1v) is 12.7. The van der Waals surface area contributed by atoms with Gasteiger partial charge < -0.3 is 10.1 Å². The van der Waals surface area contributed by atoms with E-state index in [1.54, 1.807) is 12.1 Å². The van der Waals surface area contributed by atoms with Gasteiger partial charge in [-0.3, -0.25) is 4.79 Å². The lowest BCUT2D eigenvalue weighted by molar-refractivity contribution is -0.126. The summed E-state index contributed by atoms with van der Waals surface area (Å²) in [5.41, 5.74) is 0.698. The maximum atomic E-state index is 13.6. The van der Waals surface area contributed by atoms with Gasteiger partial charge in [0.05, 0.1) is 12.0 Å². The fourth-order valence-corrected chi connectivity index (χ4v) is 5.63. The van der Waals surface area contributed by atoms with Crippen molar-refractivity contribution >= 4 is 26.0 Å². The molecule has 1 amide bonds. The molecule has 1 fully saturated rings. The third kappa shape index (κ3) is 5.44. The number of carbonyl (C=O) groups excluding carboxylic acids is 1. The van der Waals surface area contributed by atoms with Crippen molar-refractivity contribution in [2.24, 2.45) is 11.1 Å². The van der Waals surface area contributed by atoms with Crippen LogP contribution in [0, 0.1) is 11.7 Å². The van der Waals surface area contributed by atoms with E-state index in [-0.39, 0.29) is 47.0 Å². The number of ether oxygens (including phenoxy) is 1. The Morgan fingerprint density at radius 3 is 2.31 bits per heavy atom. The van der Waals surface area contributed by atoms with Crippen LogP contribution < -0.4 is 15.2 Å². The van der Waals surface area contributed by atoms with Crippen molar-refractivity contribution < 1.29 is 30.8 Å². The summed E-state index contributed by atoms with van der Waals surface area (Å²) in [6.07, 6.45) is 0.625. The van der Waals surface area contributed by atoms with E-state index < -0.39 is 25.9 Å². The molecule has 1 aliphatic rings. The summed E-state index contributed by atoms with van der Waals surface area (Å²) >= 11 is 0. The minimum Gasteiger partial charge on any atom is -0.495 e. The molecule has 12 heteroatoms. The molecule has 0 unspecified atom stereocenters.